The number of carboxylic acid groups (broad SMARTS) is 1. The van der Waals surface area contributed by atoms with Crippen LogP contribution in [0.2, 0.25) is 0 Å². The third-order valence-corrected chi connectivity index (χ3v) is 4.35. The van der Waals surface area contributed by atoms with Crippen molar-refractivity contribution in [2.75, 3.05) is 5.32 Å². The smallest absolute Gasteiger partial charge is 0.228 e. The topological polar surface area (TPSA) is 69.2 Å². The Hall–Kier alpha value is -1.36. The number of benzene rings is 1. The number of carboxylic acids is 1. The number of aliphatic carboxylic acids is 1. The van der Waals surface area contributed by atoms with Gasteiger partial charge in [0.2, 0.25) is 5.91 Å². The molecule has 1 saturated carbocycles. The van der Waals surface area contributed by atoms with Crippen molar-refractivity contribution in [3.8, 4) is 0 Å². The monoisotopic (exact) mass is 338 g/mol. The summed E-state index contributed by atoms with van der Waals surface area (Å²) in [4.78, 5) is 23.4. The maximum Gasteiger partial charge on any atom is 0.228 e. The minimum atomic E-state index is -1.11. The van der Waals surface area contributed by atoms with Gasteiger partial charge in [-0.05, 0) is 43.5 Å². The zero-order chi connectivity index (χ0) is 14.7. The first-order chi connectivity index (χ1) is 9.49. The van der Waals surface area contributed by atoms with Gasteiger partial charge in [0.05, 0.1) is 0 Å². The Morgan fingerprint density at radius 3 is 2.50 bits per heavy atom. The molecule has 0 unspecified atom stereocenters. The van der Waals surface area contributed by atoms with E-state index in [-0.39, 0.29) is 5.91 Å². The molecule has 0 aliphatic heterocycles. The number of aryl methyl sites for hydroxylation is 1. The standard InChI is InChI=1S/C15H18BrNO3/c1-9-8-10(16)6-7-13(9)17-14(18)11-4-2-3-5-12(11)15(19)20/h6-8,11-12H,2-5H2,1H3,(H,17,18)(H,19,20)/p-1/t11-,12+/m0/s1. The molecule has 2 atom stereocenters. The van der Waals surface area contributed by atoms with E-state index in [1.165, 1.54) is 0 Å². The predicted octanol–water partition coefficient (Wildman–Crippen LogP) is 2.25. The average molecular weight is 339 g/mol. The molecule has 1 amide bonds. The lowest BCUT2D eigenvalue weighted by molar-refractivity contribution is -0.313. The molecule has 20 heavy (non-hydrogen) atoms. The maximum atomic E-state index is 12.3. The van der Waals surface area contributed by atoms with Crippen molar-refractivity contribution < 1.29 is 14.7 Å². The zero-order valence-corrected chi connectivity index (χ0v) is 12.9. The Kier molecular flexibility index (Phi) is 4.81. The van der Waals surface area contributed by atoms with Gasteiger partial charge in [0, 0.05) is 28.0 Å². The molecule has 1 N–H and O–H groups in total. The van der Waals surface area contributed by atoms with Crippen molar-refractivity contribution in [3.05, 3.63) is 28.2 Å². The van der Waals surface area contributed by atoms with Crippen molar-refractivity contribution in [3.63, 3.8) is 0 Å². The summed E-state index contributed by atoms with van der Waals surface area (Å²) in [5.74, 6) is -2.49. The molecule has 0 spiro atoms. The van der Waals surface area contributed by atoms with Crippen molar-refractivity contribution in [2.24, 2.45) is 11.8 Å². The van der Waals surface area contributed by atoms with E-state index < -0.39 is 17.8 Å². The second-order valence-electron chi connectivity index (χ2n) is 5.26. The van der Waals surface area contributed by atoms with E-state index in [0.717, 1.165) is 28.6 Å². The Balaban J connectivity index is 2.12. The van der Waals surface area contributed by atoms with Crippen LogP contribution in [0.5, 0.6) is 0 Å². The molecule has 108 valence electrons. The zero-order valence-electron chi connectivity index (χ0n) is 11.3. The average Bonchev–Trinajstić information content (AvgIpc) is 2.41. The molecule has 1 aliphatic rings. The number of nitrogens with one attached hydrogen (secondary N) is 1. The minimum Gasteiger partial charge on any atom is -0.550 e. The number of anilines is 1. The predicted molar refractivity (Wildman–Crippen MR) is 78.0 cm³/mol. The largest absolute Gasteiger partial charge is 0.550 e. The van der Waals surface area contributed by atoms with Crippen LogP contribution >= 0.6 is 15.9 Å². The Morgan fingerprint density at radius 1 is 1.25 bits per heavy atom. The first-order valence-electron chi connectivity index (χ1n) is 6.77. The van der Waals surface area contributed by atoms with Crippen molar-refractivity contribution in [2.45, 2.75) is 32.6 Å². The van der Waals surface area contributed by atoms with Crippen LogP contribution < -0.4 is 10.4 Å². The van der Waals surface area contributed by atoms with Crippen LogP contribution in [-0.4, -0.2) is 11.9 Å². The third-order valence-electron chi connectivity index (χ3n) is 3.85. The molecule has 0 heterocycles. The lowest BCUT2D eigenvalue weighted by atomic mass is 9.78. The lowest BCUT2D eigenvalue weighted by Gasteiger charge is -2.31. The van der Waals surface area contributed by atoms with E-state index in [1.54, 1.807) is 0 Å². The number of amides is 1. The Bertz CT molecular complexity index is 530. The normalized spacial score (nSPS) is 22.3. The number of hydrogen-bond donors (Lipinski definition) is 1. The number of carbonyl (C=O) groups excluding carboxylic acids is 2. The molecule has 4 nitrogen and oxygen atoms in total. The molecule has 1 aliphatic carbocycles. The van der Waals surface area contributed by atoms with Gasteiger partial charge >= 0.3 is 0 Å². The number of halogens is 1. The second-order valence-corrected chi connectivity index (χ2v) is 6.18. The van der Waals surface area contributed by atoms with Crippen LogP contribution in [0.1, 0.15) is 31.2 Å². The van der Waals surface area contributed by atoms with Gasteiger partial charge in [0.15, 0.2) is 0 Å². The molecular weight excluding hydrogens is 322 g/mol. The molecule has 0 saturated heterocycles. The van der Waals surface area contributed by atoms with E-state index in [2.05, 4.69) is 21.2 Å². The van der Waals surface area contributed by atoms with Crippen molar-refractivity contribution in [1.82, 2.24) is 0 Å². The number of rotatable bonds is 3. The molecule has 5 heteroatoms. The molecule has 1 fully saturated rings. The molecule has 2 rings (SSSR count). The van der Waals surface area contributed by atoms with Gasteiger partial charge in [0.25, 0.3) is 0 Å². The highest BCUT2D eigenvalue weighted by atomic mass is 79.9. The lowest BCUT2D eigenvalue weighted by Crippen LogP contribution is -2.42. The summed E-state index contributed by atoms with van der Waals surface area (Å²) in [6.07, 6.45) is 2.88. The fraction of sp³-hybridized carbons (Fsp3) is 0.467. The molecule has 0 bridgehead atoms. The Morgan fingerprint density at radius 2 is 1.90 bits per heavy atom. The first-order valence-corrected chi connectivity index (χ1v) is 7.56. The second kappa shape index (κ2) is 6.39. The minimum absolute atomic E-state index is 0.218. The summed E-state index contributed by atoms with van der Waals surface area (Å²) < 4.78 is 0.943. The van der Waals surface area contributed by atoms with Gasteiger partial charge in [-0.15, -0.1) is 0 Å². The third kappa shape index (κ3) is 3.39. The molecule has 1 aromatic rings. The Labute approximate surface area is 126 Å². The summed E-state index contributed by atoms with van der Waals surface area (Å²) in [5, 5.41) is 14.0. The van der Waals surface area contributed by atoms with Crippen molar-refractivity contribution in [1.29, 1.82) is 0 Å². The number of hydrogen-bond acceptors (Lipinski definition) is 3. The van der Waals surface area contributed by atoms with E-state index in [0.29, 0.717) is 12.8 Å². The number of carbonyl (C=O) groups is 2. The fourth-order valence-electron chi connectivity index (χ4n) is 2.72. The van der Waals surface area contributed by atoms with Crippen LogP contribution in [0, 0.1) is 18.8 Å². The maximum absolute atomic E-state index is 12.3. The molecular formula is C15H17BrNO3-. The molecule has 0 aromatic heterocycles. The highest BCUT2D eigenvalue weighted by molar-refractivity contribution is 9.10. The van der Waals surface area contributed by atoms with E-state index in [4.69, 9.17) is 0 Å². The summed E-state index contributed by atoms with van der Waals surface area (Å²) >= 11 is 3.37. The van der Waals surface area contributed by atoms with E-state index >= 15 is 0 Å². The van der Waals surface area contributed by atoms with Gasteiger partial charge < -0.3 is 15.2 Å². The van der Waals surface area contributed by atoms with Gasteiger partial charge in [-0.1, -0.05) is 28.8 Å². The van der Waals surface area contributed by atoms with Crippen molar-refractivity contribution >= 4 is 33.5 Å². The quantitative estimate of drug-likeness (QED) is 0.918. The van der Waals surface area contributed by atoms with Gasteiger partial charge in [-0.3, -0.25) is 4.79 Å². The fourth-order valence-corrected chi connectivity index (χ4v) is 3.20. The van der Waals surface area contributed by atoms with Crippen LogP contribution in [0.25, 0.3) is 0 Å². The van der Waals surface area contributed by atoms with E-state index in [9.17, 15) is 14.7 Å². The van der Waals surface area contributed by atoms with Crippen LogP contribution in [0.15, 0.2) is 22.7 Å². The molecule has 0 radical (unpaired) electrons. The summed E-state index contributed by atoms with van der Waals surface area (Å²) in [6, 6.07) is 5.57. The highest BCUT2D eigenvalue weighted by Gasteiger charge is 2.31. The SMILES string of the molecule is Cc1cc(Br)ccc1NC(=O)[C@H]1CCCC[C@H]1C(=O)[O-]. The van der Waals surface area contributed by atoms with Gasteiger partial charge in [-0.2, -0.15) is 0 Å². The summed E-state index contributed by atoms with van der Waals surface area (Å²) in [6.45, 7) is 1.90. The van der Waals surface area contributed by atoms with E-state index in [1.807, 2.05) is 25.1 Å². The van der Waals surface area contributed by atoms with Crippen LogP contribution in [-0.2, 0) is 9.59 Å². The van der Waals surface area contributed by atoms with Crippen LogP contribution in [0.3, 0.4) is 0 Å². The first kappa shape index (κ1) is 15.0. The van der Waals surface area contributed by atoms with Gasteiger partial charge in [-0.25, -0.2) is 0 Å². The summed E-state index contributed by atoms with van der Waals surface area (Å²) in [5.41, 5.74) is 1.66. The van der Waals surface area contributed by atoms with Gasteiger partial charge in [0.1, 0.15) is 0 Å². The molecule has 1 aromatic carbocycles. The van der Waals surface area contributed by atoms with Crippen LogP contribution in [0.4, 0.5) is 5.69 Å². The summed E-state index contributed by atoms with van der Waals surface area (Å²) in [7, 11) is 0. The highest BCUT2D eigenvalue weighted by Crippen LogP contribution is 2.31.